The molecule has 1 heterocycles. The van der Waals surface area contributed by atoms with Crippen molar-refractivity contribution in [3.05, 3.63) is 18.2 Å². The first-order valence-corrected chi connectivity index (χ1v) is 6.01. The Bertz CT molecular complexity index is 559. The Morgan fingerprint density at radius 3 is 3.00 bits per heavy atom. The van der Waals surface area contributed by atoms with Gasteiger partial charge in [0.15, 0.2) is 5.13 Å². The number of nitrogens with two attached hydrogens (primary N) is 1. The molecule has 2 aromatic rings. The molecule has 1 aliphatic carbocycles. The zero-order valence-electron chi connectivity index (χ0n) is 8.56. The molecule has 16 heavy (non-hydrogen) atoms. The predicted molar refractivity (Wildman–Crippen MR) is 65.4 cm³/mol. The minimum Gasteiger partial charge on any atom is -0.398 e. The number of carbonyl (C=O) groups is 1. The van der Waals surface area contributed by atoms with Crippen molar-refractivity contribution in [2.45, 2.75) is 12.8 Å². The number of hydrogen-bond acceptors (Lipinski definition) is 4. The van der Waals surface area contributed by atoms with Gasteiger partial charge in [0.2, 0.25) is 5.91 Å². The maximum absolute atomic E-state index is 11.6. The minimum absolute atomic E-state index is 0.0811. The van der Waals surface area contributed by atoms with Crippen molar-refractivity contribution in [3.63, 3.8) is 0 Å². The SMILES string of the molecule is Nc1cccc2nc(NC(=O)C3CC3)sc12. The van der Waals surface area contributed by atoms with Crippen LogP contribution in [0.5, 0.6) is 0 Å². The highest BCUT2D eigenvalue weighted by atomic mass is 32.1. The van der Waals surface area contributed by atoms with Crippen LogP contribution < -0.4 is 11.1 Å². The Labute approximate surface area is 96.5 Å². The first-order valence-electron chi connectivity index (χ1n) is 5.20. The van der Waals surface area contributed by atoms with Crippen LogP contribution in [0.25, 0.3) is 10.2 Å². The van der Waals surface area contributed by atoms with Crippen LogP contribution in [0.3, 0.4) is 0 Å². The number of carbonyl (C=O) groups excluding carboxylic acids is 1. The molecule has 1 aromatic carbocycles. The van der Waals surface area contributed by atoms with E-state index >= 15 is 0 Å². The van der Waals surface area contributed by atoms with Crippen LogP contribution in [0.1, 0.15) is 12.8 Å². The van der Waals surface area contributed by atoms with E-state index in [4.69, 9.17) is 5.73 Å². The van der Waals surface area contributed by atoms with Gasteiger partial charge in [0.1, 0.15) is 0 Å². The molecule has 82 valence electrons. The standard InChI is InChI=1S/C11H11N3OS/c12-7-2-1-3-8-9(7)16-11(13-8)14-10(15)6-4-5-6/h1-3,6H,4-5,12H2,(H,13,14,15). The molecular formula is C11H11N3OS. The highest BCUT2D eigenvalue weighted by Gasteiger charge is 2.30. The summed E-state index contributed by atoms with van der Waals surface area (Å²) in [5, 5.41) is 3.48. The Kier molecular flexibility index (Phi) is 2.07. The van der Waals surface area contributed by atoms with E-state index in [1.807, 2.05) is 18.2 Å². The van der Waals surface area contributed by atoms with Crippen LogP contribution in [0.15, 0.2) is 18.2 Å². The van der Waals surface area contributed by atoms with Gasteiger partial charge in [-0.1, -0.05) is 17.4 Å². The van der Waals surface area contributed by atoms with Crippen molar-refractivity contribution in [3.8, 4) is 0 Å². The second kappa shape index (κ2) is 3.45. The number of nitrogen functional groups attached to an aromatic ring is 1. The Morgan fingerprint density at radius 1 is 1.50 bits per heavy atom. The van der Waals surface area contributed by atoms with Gasteiger partial charge in [-0.3, -0.25) is 4.79 Å². The second-order valence-corrected chi connectivity index (χ2v) is 4.98. The fourth-order valence-electron chi connectivity index (χ4n) is 1.58. The average Bonchev–Trinajstić information content (AvgIpc) is 3.01. The quantitative estimate of drug-likeness (QED) is 0.781. The number of benzene rings is 1. The molecule has 0 aliphatic heterocycles. The molecule has 3 N–H and O–H groups in total. The van der Waals surface area contributed by atoms with Crippen molar-refractivity contribution in [1.29, 1.82) is 0 Å². The van der Waals surface area contributed by atoms with Gasteiger partial charge in [-0.25, -0.2) is 4.98 Å². The molecule has 3 rings (SSSR count). The van der Waals surface area contributed by atoms with Gasteiger partial charge >= 0.3 is 0 Å². The fourth-order valence-corrected chi connectivity index (χ4v) is 2.47. The summed E-state index contributed by atoms with van der Waals surface area (Å²) in [4.78, 5) is 15.9. The highest BCUT2D eigenvalue weighted by molar-refractivity contribution is 7.22. The second-order valence-electron chi connectivity index (χ2n) is 3.98. The normalized spacial score (nSPS) is 15.2. The summed E-state index contributed by atoms with van der Waals surface area (Å²) in [6.45, 7) is 0. The highest BCUT2D eigenvalue weighted by Crippen LogP contribution is 2.33. The van der Waals surface area contributed by atoms with E-state index in [-0.39, 0.29) is 11.8 Å². The fraction of sp³-hybridized carbons (Fsp3) is 0.273. The van der Waals surface area contributed by atoms with Crippen LogP contribution in [0, 0.1) is 5.92 Å². The summed E-state index contributed by atoms with van der Waals surface area (Å²) < 4.78 is 0.939. The number of amides is 1. The van der Waals surface area contributed by atoms with Crippen LogP contribution in [0.4, 0.5) is 10.8 Å². The number of fused-ring (bicyclic) bond motifs is 1. The van der Waals surface area contributed by atoms with E-state index in [2.05, 4.69) is 10.3 Å². The Hall–Kier alpha value is -1.62. The van der Waals surface area contributed by atoms with E-state index in [1.165, 1.54) is 11.3 Å². The molecule has 4 nitrogen and oxygen atoms in total. The van der Waals surface area contributed by atoms with Crippen molar-refractivity contribution >= 4 is 38.3 Å². The summed E-state index contributed by atoms with van der Waals surface area (Å²) in [7, 11) is 0. The van der Waals surface area contributed by atoms with Crippen molar-refractivity contribution in [2.24, 2.45) is 5.92 Å². The first kappa shape index (κ1) is 9.59. The van der Waals surface area contributed by atoms with Crippen LogP contribution in [0.2, 0.25) is 0 Å². The lowest BCUT2D eigenvalue weighted by molar-refractivity contribution is -0.117. The smallest absolute Gasteiger partial charge is 0.229 e. The average molecular weight is 233 g/mol. The molecule has 0 bridgehead atoms. The summed E-state index contributed by atoms with van der Waals surface area (Å²) >= 11 is 1.43. The molecular weight excluding hydrogens is 222 g/mol. The van der Waals surface area contributed by atoms with Gasteiger partial charge in [0, 0.05) is 5.92 Å². The number of anilines is 2. The third-order valence-corrected chi connectivity index (χ3v) is 3.66. The van der Waals surface area contributed by atoms with Gasteiger partial charge in [0.05, 0.1) is 15.9 Å². The zero-order valence-corrected chi connectivity index (χ0v) is 9.38. The lowest BCUT2D eigenvalue weighted by Crippen LogP contribution is -2.12. The van der Waals surface area contributed by atoms with Gasteiger partial charge in [-0.2, -0.15) is 0 Å². The van der Waals surface area contributed by atoms with E-state index < -0.39 is 0 Å². The van der Waals surface area contributed by atoms with Crippen LogP contribution in [-0.2, 0) is 4.79 Å². The lowest BCUT2D eigenvalue weighted by Gasteiger charge is -1.96. The third kappa shape index (κ3) is 1.63. The van der Waals surface area contributed by atoms with Gasteiger partial charge in [-0.05, 0) is 25.0 Å². The van der Waals surface area contributed by atoms with Gasteiger partial charge < -0.3 is 11.1 Å². The van der Waals surface area contributed by atoms with Crippen molar-refractivity contribution < 1.29 is 4.79 Å². The summed E-state index contributed by atoms with van der Waals surface area (Å²) in [6.07, 6.45) is 2.00. The van der Waals surface area contributed by atoms with E-state index in [0.29, 0.717) is 10.8 Å². The van der Waals surface area contributed by atoms with E-state index in [0.717, 1.165) is 23.1 Å². The molecule has 0 spiro atoms. The third-order valence-electron chi connectivity index (χ3n) is 2.62. The maximum Gasteiger partial charge on any atom is 0.229 e. The first-order chi connectivity index (χ1) is 7.74. The number of hydrogen-bond donors (Lipinski definition) is 2. The molecule has 1 amide bonds. The van der Waals surface area contributed by atoms with E-state index in [9.17, 15) is 4.79 Å². The molecule has 1 aromatic heterocycles. The molecule has 0 atom stereocenters. The molecule has 0 saturated heterocycles. The molecule has 1 saturated carbocycles. The van der Waals surface area contributed by atoms with E-state index in [1.54, 1.807) is 0 Å². The number of thiazole rings is 1. The summed E-state index contributed by atoms with van der Waals surface area (Å²) in [5.74, 6) is 0.280. The predicted octanol–water partition coefficient (Wildman–Crippen LogP) is 2.23. The number of nitrogens with zero attached hydrogens (tertiary/aromatic N) is 1. The van der Waals surface area contributed by atoms with Gasteiger partial charge in [0.25, 0.3) is 0 Å². The molecule has 0 radical (unpaired) electrons. The number of nitrogens with one attached hydrogen (secondary N) is 1. The summed E-state index contributed by atoms with van der Waals surface area (Å²) in [6, 6.07) is 5.60. The Balaban J connectivity index is 1.92. The monoisotopic (exact) mass is 233 g/mol. The summed E-state index contributed by atoms with van der Waals surface area (Å²) in [5.41, 5.74) is 7.38. The lowest BCUT2D eigenvalue weighted by atomic mass is 10.3. The number of aromatic nitrogens is 1. The molecule has 1 fully saturated rings. The van der Waals surface area contributed by atoms with Crippen LogP contribution >= 0.6 is 11.3 Å². The van der Waals surface area contributed by atoms with Crippen molar-refractivity contribution in [2.75, 3.05) is 11.1 Å². The molecule has 1 aliphatic rings. The minimum atomic E-state index is 0.0811. The molecule has 5 heteroatoms. The largest absolute Gasteiger partial charge is 0.398 e. The Morgan fingerprint density at radius 2 is 2.31 bits per heavy atom. The maximum atomic E-state index is 11.6. The zero-order chi connectivity index (χ0) is 11.1. The van der Waals surface area contributed by atoms with Gasteiger partial charge in [-0.15, -0.1) is 0 Å². The van der Waals surface area contributed by atoms with Crippen LogP contribution in [-0.4, -0.2) is 10.9 Å². The molecule has 0 unspecified atom stereocenters. The number of rotatable bonds is 2. The topological polar surface area (TPSA) is 68.0 Å². The van der Waals surface area contributed by atoms with Crippen molar-refractivity contribution in [1.82, 2.24) is 4.98 Å².